The van der Waals surface area contributed by atoms with Gasteiger partial charge in [-0.25, -0.2) is 4.39 Å². The molecule has 0 spiro atoms. The molecule has 1 aromatic carbocycles. The molecule has 0 radical (unpaired) electrons. The first-order valence-corrected chi connectivity index (χ1v) is 6.13. The van der Waals surface area contributed by atoms with Gasteiger partial charge in [0.15, 0.2) is 0 Å². The molecule has 1 aliphatic rings. The minimum Gasteiger partial charge on any atom is -0.469 e. The Morgan fingerprint density at radius 2 is 2.28 bits per heavy atom. The number of nitrogens with zero attached hydrogens (tertiary/aromatic N) is 1. The Morgan fingerprint density at radius 1 is 1.50 bits per heavy atom. The fraction of sp³-hybridized carbons (Fsp3) is 0.500. The van der Waals surface area contributed by atoms with Crippen molar-refractivity contribution < 1.29 is 13.9 Å². The number of likely N-dealkylation sites (N-methyl/N-ethyl adjacent to an activating group) is 1. The highest BCUT2D eigenvalue weighted by molar-refractivity contribution is 5.73. The Labute approximate surface area is 107 Å². The molecule has 0 N–H and O–H groups in total. The Morgan fingerprint density at radius 3 is 2.94 bits per heavy atom. The van der Waals surface area contributed by atoms with E-state index in [0.717, 1.165) is 25.1 Å². The minimum absolute atomic E-state index is 0.00639. The smallest absolute Gasteiger partial charge is 0.309 e. The predicted octanol–water partition coefficient (Wildman–Crippen LogP) is 2.03. The van der Waals surface area contributed by atoms with Crippen LogP contribution in [-0.4, -0.2) is 38.1 Å². The van der Waals surface area contributed by atoms with Crippen LogP contribution in [0.25, 0.3) is 0 Å². The Hall–Kier alpha value is -1.42. The number of hydrogen-bond donors (Lipinski definition) is 0. The van der Waals surface area contributed by atoms with E-state index in [1.165, 1.54) is 19.2 Å². The van der Waals surface area contributed by atoms with E-state index in [1.807, 2.05) is 13.1 Å². The number of methoxy groups -OCH3 is 1. The lowest BCUT2D eigenvalue weighted by molar-refractivity contribution is -0.147. The first-order chi connectivity index (χ1) is 8.61. The van der Waals surface area contributed by atoms with E-state index in [4.69, 9.17) is 4.74 Å². The standard InChI is InChI=1S/C14H18FNO2/c1-16-7-6-12(14(17)18-2)13(9-16)10-4-3-5-11(15)8-10/h3-5,8,12-13H,6-7,9H2,1-2H3. The first-order valence-electron chi connectivity index (χ1n) is 6.13. The number of carbonyl (C=O) groups is 1. The van der Waals surface area contributed by atoms with Crippen LogP contribution < -0.4 is 0 Å². The molecule has 2 unspecified atom stereocenters. The van der Waals surface area contributed by atoms with E-state index < -0.39 is 0 Å². The van der Waals surface area contributed by atoms with Gasteiger partial charge in [0, 0.05) is 12.5 Å². The maximum absolute atomic E-state index is 13.3. The van der Waals surface area contributed by atoms with Crippen molar-refractivity contribution in [3.05, 3.63) is 35.6 Å². The summed E-state index contributed by atoms with van der Waals surface area (Å²) in [6.07, 6.45) is 0.754. The molecule has 4 heteroatoms. The van der Waals surface area contributed by atoms with Gasteiger partial charge in [0.1, 0.15) is 5.82 Å². The summed E-state index contributed by atoms with van der Waals surface area (Å²) in [7, 11) is 3.42. The second-order valence-electron chi connectivity index (χ2n) is 4.84. The second-order valence-corrected chi connectivity index (χ2v) is 4.84. The highest BCUT2D eigenvalue weighted by atomic mass is 19.1. The van der Waals surface area contributed by atoms with Gasteiger partial charge in [0.25, 0.3) is 0 Å². The van der Waals surface area contributed by atoms with Gasteiger partial charge < -0.3 is 9.64 Å². The van der Waals surface area contributed by atoms with Crippen LogP contribution in [0.3, 0.4) is 0 Å². The fourth-order valence-corrected chi connectivity index (χ4v) is 2.62. The number of benzene rings is 1. The molecule has 3 nitrogen and oxygen atoms in total. The monoisotopic (exact) mass is 251 g/mol. The lowest BCUT2D eigenvalue weighted by atomic mass is 9.81. The number of ether oxygens (including phenoxy) is 1. The summed E-state index contributed by atoms with van der Waals surface area (Å²) < 4.78 is 18.2. The van der Waals surface area contributed by atoms with E-state index in [9.17, 15) is 9.18 Å². The largest absolute Gasteiger partial charge is 0.469 e. The minimum atomic E-state index is -0.260. The van der Waals surface area contributed by atoms with E-state index in [-0.39, 0.29) is 23.6 Å². The SMILES string of the molecule is COC(=O)C1CCN(C)CC1c1cccc(F)c1. The summed E-state index contributed by atoms with van der Waals surface area (Å²) in [4.78, 5) is 14.0. The highest BCUT2D eigenvalue weighted by Crippen LogP contribution is 2.33. The first kappa shape index (κ1) is 13.0. The summed E-state index contributed by atoms with van der Waals surface area (Å²) in [5.74, 6) is -0.624. The van der Waals surface area contributed by atoms with Gasteiger partial charge in [-0.1, -0.05) is 12.1 Å². The van der Waals surface area contributed by atoms with Gasteiger partial charge in [-0.2, -0.15) is 0 Å². The lowest BCUT2D eigenvalue weighted by Crippen LogP contribution is -2.40. The van der Waals surface area contributed by atoms with Crippen molar-refractivity contribution in [2.24, 2.45) is 5.92 Å². The topological polar surface area (TPSA) is 29.5 Å². The van der Waals surface area contributed by atoms with Gasteiger partial charge in [-0.15, -0.1) is 0 Å². The quantitative estimate of drug-likeness (QED) is 0.753. The molecule has 1 saturated heterocycles. The Balaban J connectivity index is 2.27. The Bertz CT molecular complexity index is 436. The molecule has 0 aliphatic carbocycles. The summed E-state index contributed by atoms with van der Waals surface area (Å²) in [6, 6.07) is 6.50. The van der Waals surface area contributed by atoms with Crippen molar-refractivity contribution in [1.29, 1.82) is 0 Å². The summed E-state index contributed by atoms with van der Waals surface area (Å²) in [5, 5.41) is 0. The van der Waals surface area contributed by atoms with Crippen LogP contribution in [0.15, 0.2) is 24.3 Å². The Kier molecular flexibility index (Phi) is 3.97. The molecule has 2 rings (SSSR count). The molecular weight excluding hydrogens is 233 g/mol. The molecule has 1 aliphatic heterocycles. The second kappa shape index (κ2) is 5.48. The number of hydrogen-bond acceptors (Lipinski definition) is 3. The summed E-state index contributed by atoms with van der Waals surface area (Å²) in [6.45, 7) is 1.62. The van der Waals surface area contributed by atoms with E-state index in [2.05, 4.69) is 4.90 Å². The number of esters is 1. The predicted molar refractivity (Wildman–Crippen MR) is 66.8 cm³/mol. The molecule has 18 heavy (non-hydrogen) atoms. The van der Waals surface area contributed by atoms with Crippen molar-refractivity contribution in [2.75, 3.05) is 27.2 Å². The number of carbonyl (C=O) groups excluding carboxylic acids is 1. The van der Waals surface area contributed by atoms with Gasteiger partial charge in [0.05, 0.1) is 13.0 Å². The molecule has 1 fully saturated rings. The van der Waals surface area contributed by atoms with Crippen molar-refractivity contribution in [2.45, 2.75) is 12.3 Å². The van der Waals surface area contributed by atoms with Gasteiger partial charge in [-0.3, -0.25) is 4.79 Å². The zero-order chi connectivity index (χ0) is 13.1. The van der Waals surface area contributed by atoms with Crippen molar-refractivity contribution in [3.63, 3.8) is 0 Å². The average molecular weight is 251 g/mol. The third-order valence-corrected chi connectivity index (χ3v) is 3.60. The molecule has 0 saturated carbocycles. The molecule has 1 heterocycles. The average Bonchev–Trinajstić information content (AvgIpc) is 2.38. The van der Waals surface area contributed by atoms with Crippen molar-refractivity contribution in [3.8, 4) is 0 Å². The maximum atomic E-state index is 13.3. The summed E-state index contributed by atoms with van der Waals surface area (Å²) >= 11 is 0. The highest BCUT2D eigenvalue weighted by Gasteiger charge is 2.34. The van der Waals surface area contributed by atoms with Gasteiger partial charge in [-0.05, 0) is 37.7 Å². The molecule has 0 bridgehead atoms. The zero-order valence-electron chi connectivity index (χ0n) is 10.7. The normalized spacial score (nSPS) is 24.8. The molecule has 98 valence electrons. The van der Waals surface area contributed by atoms with Crippen LogP contribution in [0.2, 0.25) is 0 Å². The maximum Gasteiger partial charge on any atom is 0.309 e. The lowest BCUT2D eigenvalue weighted by Gasteiger charge is -2.35. The van der Waals surface area contributed by atoms with Crippen LogP contribution >= 0.6 is 0 Å². The fourth-order valence-electron chi connectivity index (χ4n) is 2.62. The van der Waals surface area contributed by atoms with Crippen molar-refractivity contribution in [1.82, 2.24) is 4.90 Å². The molecular formula is C14H18FNO2. The van der Waals surface area contributed by atoms with Crippen LogP contribution in [0, 0.1) is 11.7 Å². The van der Waals surface area contributed by atoms with Gasteiger partial charge in [0.2, 0.25) is 0 Å². The van der Waals surface area contributed by atoms with E-state index in [1.54, 1.807) is 6.07 Å². The van der Waals surface area contributed by atoms with Crippen LogP contribution in [0.4, 0.5) is 4.39 Å². The van der Waals surface area contributed by atoms with Crippen LogP contribution in [0.5, 0.6) is 0 Å². The van der Waals surface area contributed by atoms with Crippen LogP contribution in [0.1, 0.15) is 17.9 Å². The third kappa shape index (κ3) is 2.70. The number of halogens is 1. The number of piperidine rings is 1. The van der Waals surface area contributed by atoms with E-state index in [0.29, 0.717) is 0 Å². The molecule has 0 aromatic heterocycles. The molecule has 1 aromatic rings. The van der Waals surface area contributed by atoms with Crippen molar-refractivity contribution >= 4 is 5.97 Å². The zero-order valence-corrected chi connectivity index (χ0v) is 10.7. The van der Waals surface area contributed by atoms with E-state index >= 15 is 0 Å². The molecule has 0 amide bonds. The molecule has 2 atom stereocenters. The van der Waals surface area contributed by atoms with Gasteiger partial charge >= 0.3 is 5.97 Å². The number of likely N-dealkylation sites (tertiary alicyclic amines) is 1. The third-order valence-electron chi connectivity index (χ3n) is 3.60. The van der Waals surface area contributed by atoms with Crippen LogP contribution in [-0.2, 0) is 9.53 Å². The number of rotatable bonds is 2. The summed E-state index contributed by atoms with van der Waals surface area (Å²) in [5.41, 5.74) is 0.872.